The number of carbonyl (C=O) groups excluding carboxylic acids is 1. The summed E-state index contributed by atoms with van der Waals surface area (Å²) in [4.78, 5) is 12.5. The number of aromatic nitrogens is 2. The van der Waals surface area contributed by atoms with Crippen LogP contribution in [0.25, 0.3) is 22.4 Å². The lowest BCUT2D eigenvalue weighted by Gasteiger charge is -2.08. The molecule has 0 unspecified atom stereocenters. The maximum absolute atomic E-state index is 12.5. The molecular formula is C20H16N2O4. The van der Waals surface area contributed by atoms with Gasteiger partial charge < -0.3 is 13.6 Å². The molecule has 0 saturated carbocycles. The summed E-state index contributed by atoms with van der Waals surface area (Å²) in [5.74, 6) is 0.223. The van der Waals surface area contributed by atoms with Crippen LogP contribution in [0.2, 0.25) is 0 Å². The van der Waals surface area contributed by atoms with Crippen LogP contribution in [0.15, 0.2) is 63.4 Å². The van der Waals surface area contributed by atoms with Gasteiger partial charge in [-0.3, -0.25) is 0 Å². The fraction of sp³-hybridized carbons (Fsp3) is 0.150. The maximum Gasteiger partial charge on any atom is 0.375 e. The van der Waals surface area contributed by atoms with Crippen molar-refractivity contribution in [3.8, 4) is 11.5 Å². The fourth-order valence-electron chi connectivity index (χ4n) is 2.73. The first-order valence-electron chi connectivity index (χ1n) is 8.21. The molecular weight excluding hydrogens is 332 g/mol. The number of rotatable bonds is 4. The van der Waals surface area contributed by atoms with Gasteiger partial charge >= 0.3 is 5.97 Å². The van der Waals surface area contributed by atoms with Crippen LogP contribution in [0, 0.1) is 6.92 Å². The number of furan rings is 1. The molecule has 0 aliphatic heterocycles. The van der Waals surface area contributed by atoms with Crippen LogP contribution in [0.1, 0.15) is 35.0 Å². The van der Waals surface area contributed by atoms with E-state index in [1.807, 2.05) is 61.5 Å². The van der Waals surface area contributed by atoms with Crippen molar-refractivity contribution >= 4 is 16.9 Å². The van der Waals surface area contributed by atoms with Crippen molar-refractivity contribution in [3.05, 3.63) is 71.8 Å². The van der Waals surface area contributed by atoms with Crippen LogP contribution >= 0.6 is 0 Å². The standard InChI is InChI=1S/C20H16N2O4/c1-12-15-10-6-7-11-16(15)25-17(12)20(23)24-13(2)18-21-22-19(26-18)14-8-4-3-5-9-14/h3-11,13H,1-2H3/t13-/m1/s1. The number of ether oxygens (including phenoxy) is 1. The van der Waals surface area contributed by atoms with E-state index in [9.17, 15) is 4.79 Å². The number of para-hydroxylation sites is 1. The van der Waals surface area contributed by atoms with E-state index in [-0.39, 0.29) is 11.7 Å². The second-order valence-electron chi connectivity index (χ2n) is 5.91. The van der Waals surface area contributed by atoms with Gasteiger partial charge in [-0.1, -0.05) is 36.4 Å². The molecule has 1 atom stereocenters. The Labute approximate surface area is 149 Å². The van der Waals surface area contributed by atoms with E-state index < -0.39 is 12.1 Å². The van der Waals surface area contributed by atoms with Crippen molar-refractivity contribution in [2.75, 3.05) is 0 Å². The van der Waals surface area contributed by atoms with E-state index in [2.05, 4.69) is 10.2 Å². The Bertz CT molecular complexity index is 1070. The summed E-state index contributed by atoms with van der Waals surface area (Å²) in [6.07, 6.45) is -0.694. The summed E-state index contributed by atoms with van der Waals surface area (Å²) < 4.78 is 16.7. The van der Waals surface area contributed by atoms with Crippen LogP contribution < -0.4 is 0 Å². The number of hydrogen-bond acceptors (Lipinski definition) is 6. The third kappa shape index (κ3) is 2.86. The molecule has 2 heterocycles. The second-order valence-corrected chi connectivity index (χ2v) is 5.91. The lowest BCUT2D eigenvalue weighted by Crippen LogP contribution is -2.09. The van der Waals surface area contributed by atoms with Crippen LogP contribution in [-0.4, -0.2) is 16.2 Å². The highest BCUT2D eigenvalue weighted by molar-refractivity contribution is 5.95. The van der Waals surface area contributed by atoms with Crippen molar-refractivity contribution in [3.63, 3.8) is 0 Å². The van der Waals surface area contributed by atoms with Crippen molar-refractivity contribution in [2.24, 2.45) is 0 Å². The van der Waals surface area contributed by atoms with Gasteiger partial charge in [0.25, 0.3) is 5.89 Å². The van der Waals surface area contributed by atoms with Crippen molar-refractivity contribution in [1.82, 2.24) is 10.2 Å². The number of carbonyl (C=O) groups is 1. The summed E-state index contributed by atoms with van der Waals surface area (Å²) in [7, 11) is 0. The minimum absolute atomic E-state index is 0.181. The first kappa shape index (κ1) is 16.1. The van der Waals surface area contributed by atoms with Crippen molar-refractivity contribution < 1.29 is 18.4 Å². The highest BCUT2D eigenvalue weighted by Crippen LogP contribution is 2.28. The lowest BCUT2D eigenvalue weighted by atomic mass is 10.1. The number of nitrogens with zero attached hydrogens (tertiary/aromatic N) is 2. The van der Waals surface area contributed by atoms with E-state index in [4.69, 9.17) is 13.6 Å². The number of esters is 1. The minimum atomic E-state index is -0.694. The predicted octanol–water partition coefficient (Wildman–Crippen LogP) is 4.71. The Balaban J connectivity index is 1.54. The minimum Gasteiger partial charge on any atom is -0.449 e. The highest BCUT2D eigenvalue weighted by Gasteiger charge is 2.24. The zero-order valence-corrected chi connectivity index (χ0v) is 14.3. The quantitative estimate of drug-likeness (QED) is 0.497. The molecule has 4 rings (SSSR count). The third-order valence-electron chi connectivity index (χ3n) is 4.12. The van der Waals surface area contributed by atoms with Gasteiger partial charge in [-0.25, -0.2) is 4.79 Å². The van der Waals surface area contributed by atoms with Crippen molar-refractivity contribution in [2.45, 2.75) is 20.0 Å². The number of aryl methyl sites for hydroxylation is 1. The second kappa shape index (κ2) is 6.48. The van der Waals surface area contributed by atoms with Crippen molar-refractivity contribution in [1.29, 1.82) is 0 Å². The molecule has 0 fully saturated rings. The van der Waals surface area contributed by atoms with Gasteiger partial charge in [-0.2, -0.15) is 0 Å². The summed E-state index contributed by atoms with van der Waals surface area (Å²) in [5, 5.41) is 8.87. The highest BCUT2D eigenvalue weighted by atomic mass is 16.6. The Kier molecular flexibility index (Phi) is 4.01. The Morgan fingerprint density at radius 1 is 1.00 bits per heavy atom. The Morgan fingerprint density at radius 2 is 1.73 bits per heavy atom. The maximum atomic E-state index is 12.5. The van der Waals surface area contributed by atoms with E-state index in [1.165, 1.54) is 0 Å². The molecule has 0 saturated heterocycles. The lowest BCUT2D eigenvalue weighted by molar-refractivity contribution is 0.0245. The molecule has 0 aliphatic rings. The van der Waals surface area contributed by atoms with E-state index >= 15 is 0 Å². The van der Waals surface area contributed by atoms with Gasteiger partial charge in [0.15, 0.2) is 6.10 Å². The van der Waals surface area contributed by atoms with Crippen LogP contribution in [0.4, 0.5) is 0 Å². The van der Waals surface area contributed by atoms with Crippen LogP contribution in [0.5, 0.6) is 0 Å². The van der Waals surface area contributed by atoms with E-state index in [0.29, 0.717) is 11.5 Å². The number of fused-ring (bicyclic) bond motifs is 1. The fourth-order valence-corrected chi connectivity index (χ4v) is 2.73. The predicted molar refractivity (Wildman–Crippen MR) is 94.5 cm³/mol. The monoisotopic (exact) mass is 348 g/mol. The van der Waals surface area contributed by atoms with Crippen LogP contribution in [0.3, 0.4) is 0 Å². The molecule has 2 aromatic heterocycles. The topological polar surface area (TPSA) is 78.4 Å². The molecule has 4 aromatic rings. The van der Waals surface area contributed by atoms with Crippen LogP contribution in [-0.2, 0) is 4.74 Å². The smallest absolute Gasteiger partial charge is 0.375 e. The van der Waals surface area contributed by atoms with Gasteiger partial charge in [-0.05, 0) is 32.0 Å². The van der Waals surface area contributed by atoms with Gasteiger partial charge in [-0.15, -0.1) is 10.2 Å². The van der Waals surface area contributed by atoms with E-state index in [1.54, 1.807) is 6.92 Å². The largest absolute Gasteiger partial charge is 0.449 e. The molecule has 130 valence electrons. The number of hydrogen-bond donors (Lipinski definition) is 0. The Hall–Kier alpha value is -3.41. The summed E-state index contributed by atoms with van der Waals surface area (Å²) >= 11 is 0. The molecule has 6 heteroatoms. The summed E-state index contributed by atoms with van der Waals surface area (Å²) in [5.41, 5.74) is 2.19. The molecule has 0 bridgehead atoms. The van der Waals surface area contributed by atoms with Gasteiger partial charge in [0.05, 0.1) is 0 Å². The molecule has 0 radical (unpaired) electrons. The average Bonchev–Trinajstić information content (AvgIpc) is 3.28. The Morgan fingerprint density at radius 3 is 2.50 bits per heavy atom. The molecule has 0 aliphatic carbocycles. The zero-order valence-electron chi connectivity index (χ0n) is 14.3. The molecule has 26 heavy (non-hydrogen) atoms. The summed E-state index contributed by atoms with van der Waals surface area (Å²) in [6.45, 7) is 3.51. The SMILES string of the molecule is Cc1c(C(=O)O[C@H](C)c2nnc(-c3ccccc3)o2)oc2ccccc12. The molecule has 0 amide bonds. The number of benzene rings is 2. The average molecular weight is 348 g/mol. The van der Waals surface area contributed by atoms with Gasteiger partial charge in [0.2, 0.25) is 11.7 Å². The first-order valence-corrected chi connectivity index (χ1v) is 8.21. The third-order valence-corrected chi connectivity index (χ3v) is 4.12. The molecule has 2 aromatic carbocycles. The first-order chi connectivity index (χ1) is 12.6. The van der Waals surface area contributed by atoms with E-state index in [0.717, 1.165) is 16.5 Å². The van der Waals surface area contributed by atoms with Gasteiger partial charge in [0.1, 0.15) is 5.58 Å². The molecule has 0 spiro atoms. The van der Waals surface area contributed by atoms with Gasteiger partial charge in [0, 0.05) is 16.5 Å². The normalized spacial score (nSPS) is 12.2. The zero-order chi connectivity index (χ0) is 18.1. The molecule has 0 N–H and O–H groups in total. The molecule has 6 nitrogen and oxygen atoms in total. The summed E-state index contributed by atoms with van der Waals surface area (Å²) in [6, 6.07) is 16.9.